The summed E-state index contributed by atoms with van der Waals surface area (Å²) in [7, 11) is 0. The number of aromatic nitrogens is 3. The normalized spacial score (nSPS) is 11.5. The third kappa shape index (κ3) is 4.04. The minimum Gasteiger partial charge on any atom is -0.309 e. The van der Waals surface area contributed by atoms with Crippen LogP contribution in [0.2, 0.25) is 0 Å². The molecule has 8 aromatic rings. The Morgan fingerprint density at radius 3 is 1.98 bits per heavy atom. The highest BCUT2D eigenvalue weighted by atomic mass is 19.1. The van der Waals surface area contributed by atoms with Crippen LogP contribution in [0, 0.1) is 5.82 Å². The smallest absolute Gasteiger partial charge is 0.160 e. The molecule has 0 atom stereocenters. The Labute approximate surface area is 242 Å². The second-order valence-corrected chi connectivity index (χ2v) is 10.4. The van der Waals surface area contributed by atoms with Crippen LogP contribution in [0.4, 0.5) is 4.39 Å². The quantitative estimate of drug-likeness (QED) is 0.222. The van der Waals surface area contributed by atoms with Crippen molar-refractivity contribution in [1.82, 2.24) is 14.5 Å². The van der Waals surface area contributed by atoms with Crippen LogP contribution in [0.1, 0.15) is 0 Å². The number of hydrogen-bond acceptors (Lipinski definition) is 2. The van der Waals surface area contributed by atoms with Gasteiger partial charge >= 0.3 is 0 Å². The third-order valence-electron chi connectivity index (χ3n) is 7.85. The van der Waals surface area contributed by atoms with E-state index in [-0.39, 0.29) is 5.82 Å². The number of halogens is 1. The number of rotatable bonds is 4. The first kappa shape index (κ1) is 24.2. The maximum atomic E-state index is 14.4. The van der Waals surface area contributed by atoms with E-state index in [9.17, 15) is 4.39 Å². The van der Waals surface area contributed by atoms with E-state index >= 15 is 0 Å². The fraction of sp³-hybridized carbons (Fsp3) is 0. The van der Waals surface area contributed by atoms with E-state index in [2.05, 4.69) is 83.4 Å². The van der Waals surface area contributed by atoms with Crippen molar-refractivity contribution in [1.29, 1.82) is 0 Å². The van der Waals surface area contributed by atoms with Crippen LogP contribution < -0.4 is 0 Å². The van der Waals surface area contributed by atoms with Gasteiger partial charge in [0.15, 0.2) is 5.82 Å². The lowest BCUT2D eigenvalue weighted by atomic mass is 9.99. The van der Waals surface area contributed by atoms with Gasteiger partial charge < -0.3 is 4.57 Å². The Balaban J connectivity index is 1.36. The molecule has 2 aromatic heterocycles. The molecule has 0 aliphatic carbocycles. The number of nitrogens with zero attached hydrogens (tertiary/aromatic N) is 3. The van der Waals surface area contributed by atoms with Crippen LogP contribution in [0.3, 0.4) is 0 Å². The summed E-state index contributed by atoms with van der Waals surface area (Å²) in [6.07, 6.45) is 0. The van der Waals surface area contributed by atoms with E-state index in [1.54, 1.807) is 6.07 Å². The standard InChI is InChI=1S/C38H24FN3/c39-29-13-9-12-28(22-29)37-33-23-26(19-21-34(33)40-38(41-37)25-10-3-1-4-11-25)27-18-20-32-31-16-7-8-17-35(31)42(36(32)24-27)30-14-5-2-6-15-30/h1-24H. The molecule has 0 aliphatic heterocycles. The summed E-state index contributed by atoms with van der Waals surface area (Å²) in [6.45, 7) is 0. The van der Waals surface area contributed by atoms with Gasteiger partial charge in [0, 0.05) is 33.0 Å². The van der Waals surface area contributed by atoms with Crippen molar-refractivity contribution in [3.63, 3.8) is 0 Å². The molecular weight excluding hydrogens is 517 g/mol. The van der Waals surface area contributed by atoms with Crippen molar-refractivity contribution in [3.05, 3.63) is 151 Å². The molecule has 0 saturated heterocycles. The predicted molar refractivity (Wildman–Crippen MR) is 170 cm³/mol. The second kappa shape index (κ2) is 9.79. The van der Waals surface area contributed by atoms with Gasteiger partial charge in [-0.25, -0.2) is 14.4 Å². The lowest BCUT2D eigenvalue weighted by Crippen LogP contribution is -1.96. The zero-order chi connectivity index (χ0) is 28.0. The lowest BCUT2D eigenvalue weighted by Gasteiger charge is -2.12. The number of fused-ring (bicyclic) bond motifs is 4. The van der Waals surface area contributed by atoms with Crippen LogP contribution in [0.25, 0.3) is 72.2 Å². The van der Waals surface area contributed by atoms with E-state index in [1.807, 2.05) is 48.5 Å². The molecule has 0 unspecified atom stereocenters. The molecule has 0 saturated carbocycles. The average molecular weight is 542 g/mol. The Morgan fingerprint density at radius 2 is 1.14 bits per heavy atom. The topological polar surface area (TPSA) is 30.7 Å². The Hall–Kier alpha value is -5.61. The number of para-hydroxylation sites is 2. The Morgan fingerprint density at radius 1 is 0.452 bits per heavy atom. The van der Waals surface area contributed by atoms with E-state index in [4.69, 9.17) is 9.97 Å². The summed E-state index contributed by atoms with van der Waals surface area (Å²) < 4.78 is 16.7. The van der Waals surface area contributed by atoms with Crippen molar-refractivity contribution >= 4 is 32.7 Å². The second-order valence-electron chi connectivity index (χ2n) is 10.4. The highest BCUT2D eigenvalue weighted by Crippen LogP contribution is 2.37. The first-order chi connectivity index (χ1) is 20.7. The highest BCUT2D eigenvalue weighted by molar-refractivity contribution is 6.10. The molecule has 0 aliphatic rings. The van der Waals surface area contributed by atoms with Gasteiger partial charge in [-0.15, -0.1) is 0 Å². The van der Waals surface area contributed by atoms with Crippen LogP contribution in [-0.4, -0.2) is 14.5 Å². The van der Waals surface area contributed by atoms with Gasteiger partial charge in [-0.05, 0) is 59.7 Å². The monoisotopic (exact) mass is 541 g/mol. The van der Waals surface area contributed by atoms with Gasteiger partial charge in [0.1, 0.15) is 5.82 Å². The molecule has 0 bridgehead atoms. The van der Waals surface area contributed by atoms with Gasteiger partial charge in [0.05, 0.1) is 22.2 Å². The minimum atomic E-state index is -0.295. The molecule has 0 fully saturated rings. The molecule has 3 nitrogen and oxygen atoms in total. The van der Waals surface area contributed by atoms with Gasteiger partial charge in [-0.1, -0.05) is 97.1 Å². The Kier molecular flexibility index (Phi) is 5.64. The largest absolute Gasteiger partial charge is 0.309 e. The SMILES string of the molecule is Fc1cccc(-c2nc(-c3ccccc3)nc3ccc(-c4ccc5c6ccccc6n(-c6ccccc6)c5c4)cc23)c1. The Bertz CT molecular complexity index is 2250. The average Bonchev–Trinajstić information content (AvgIpc) is 3.38. The van der Waals surface area contributed by atoms with Crippen molar-refractivity contribution in [3.8, 4) is 39.5 Å². The molecule has 0 amide bonds. The van der Waals surface area contributed by atoms with E-state index in [1.165, 1.54) is 28.4 Å². The summed E-state index contributed by atoms with van der Waals surface area (Å²) >= 11 is 0. The van der Waals surface area contributed by atoms with Gasteiger partial charge in [-0.2, -0.15) is 0 Å². The van der Waals surface area contributed by atoms with E-state index < -0.39 is 0 Å². The third-order valence-corrected chi connectivity index (χ3v) is 7.85. The van der Waals surface area contributed by atoms with Crippen LogP contribution in [-0.2, 0) is 0 Å². The number of hydrogen-bond donors (Lipinski definition) is 0. The molecule has 4 heteroatoms. The predicted octanol–water partition coefficient (Wildman–Crippen LogP) is 9.87. The summed E-state index contributed by atoms with van der Waals surface area (Å²) in [5.41, 5.74) is 8.72. The van der Waals surface area contributed by atoms with Crippen LogP contribution in [0.15, 0.2) is 146 Å². The van der Waals surface area contributed by atoms with E-state index in [0.717, 1.165) is 44.4 Å². The maximum Gasteiger partial charge on any atom is 0.160 e. The molecule has 0 N–H and O–H groups in total. The van der Waals surface area contributed by atoms with Crippen molar-refractivity contribution in [2.45, 2.75) is 0 Å². The van der Waals surface area contributed by atoms with Crippen LogP contribution >= 0.6 is 0 Å². The molecule has 6 aromatic carbocycles. The van der Waals surface area contributed by atoms with Gasteiger partial charge in [0.25, 0.3) is 0 Å². The maximum absolute atomic E-state index is 14.4. The fourth-order valence-electron chi connectivity index (χ4n) is 5.89. The first-order valence-corrected chi connectivity index (χ1v) is 14.0. The lowest BCUT2D eigenvalue weighted by molar-refractivity contribution is 0.628. The molecule has 2 heterocycles. The summed E-state index contributed by atoms with van der Waals surface area (Å²) in [5, 5.41) is 3.30. The summed E-state index contributed by atoms with van der Waals surface area (Å²) in [6, 6.07) is 48.4. The zero-order valence-electron chi connectivity index (χ0n) is 22.6. The van der Waals surface area contributed by atoms with Gasteiger partial charge in [0.2, 0.25) is 0 Å². The molecule has 0 radical (unpaired) electrons. The van der Waals surface area contributed by atoms with Crippen LogP contribution in [0.5, 0.6) is 0 Å². The first-order valence-electron chi connectivity index (χ1n) is 14.0. The minimum absolute atomic E-state index is 0.295. The van der Waals surface area contributed by atoms with E-state index in [0.29, 0.717) is 11.5 Å². The zero-order valence-corrected chi connectivity index (χ0v) is 22.6. The van der Waals surface area contributed by atoms with Crippen molar-refractivity contribution < 1.29 is 4.39 Å². The fourth-order valence-corrected chi connectivity index (χ4v) is 5.89. The molecule has 8 rings (SSSR count). The molecular formula is C38H24FN3. The molecule has 0 spiro atoms. The summed E-state index contributed by atoms with van der Waals surface area (Å²) in [5.74, 6) is 0.319. The molecule has 198 valence electrons. The summed E-state index contributed by atoms with van der Waals surface area (Å²) in [4.78, 5) is 9.88. The van der Waals surface area contributed by atoms with Gasteiger partial charge in [-0.3, -0.25) is 0 Å². The van der Waals surface area contributed by atoms with Crippen molar-refractivity contribution in [2.24, 2.45) is 0 Å². The molecule has 42 heavy (non-hydrogen) atoms. The number of benzene rings is 6. The van der Waals surface area contributed by atoms with Crippen molar-refractivity contribution in [2.75, 3.05) is 0 Å². The highest BCUT2D eigenvalue weighted by Gasteiger charge is 2.16.